The maximum atomic E-state index is 13.5. The second-order valence-electron chi connectivity index (χ2n) is 31.3. The first-order chi connectivity index (χ1) is 51.3. The number of ether oxygens (including phenoxy) is 6. The van der Waals surface area contributed by atoms with Crippen LogP contribution in [0.2, 0.25) is 0 Å². The maximum Gasteiger partial charge on any atom is 0.220 e. The first-order valence-electron chi connectivity index (χ1n) is 43.7. The predicted molar refractivity (Wildman–Crippen MR) is 420 cm³/mol. The third-order valence-corrected chi connectivity index (χ3v) is 21.9. The fraction of sp³-hybridized carbons (Fsp3) is 0.919. The normalized spacial score (nSPS) is 25.9. The van der Waals surface area contributed by atoms with E-state index in [1.807, 2.05) is 6.08 Å². The third-order valence-electron chi connectivity index (χ3n) is 21.9. The van der Waals surface area contributed by atoms with E-state index in [4.69, 9.17) is 28.4 Å². The van der Waals surface area contributed by atoms with Gasteiger partial charge in [0.2, 0.25) is 5.91 Å². The van der Waals surface area contributed by atoms with Crippen molar-refractivity contribution in [2.24, 2.45) is 0 Å². The largest absolute Gasteiger partial charge is 0.394 e. The Morgan fingerprint density at radius 3 is 0.952 bits per heavy atom. The lowest BCUT2D eigenvalue weighted by molar-refractivity contribution is -0.379. The van der Waals surface area contributed by atoms with E-state index in [1.54, 1.807) is 6.08 Å². The molecule has 3 aliphatic heterocycles. The molecule has 618 valence electrons. The van der Waals surface area contributed by atoms with Gasteiger partial charge in [0.05, 0.1) is 38.6 Å². The molecular weight excluding hydrogens is 1330 g/mol. The summed E-state index contributed by atoms with van der Waals surface area (Å²) >= 11 is 0. The zero-order valence-electron chi connectivity index (χ0n) is 66.5. The lowest BCUT2D eigenvalue weighted by atomic mass is 9.96. The molecule has 105 heavy (non-hydrogen) atoms. The van der Waals surface area contributed by atoms with Crippen LogP contribution >= 0.6 is 0 Å². The summed E-state index contributed by atoms with van der Waals surface area (Å²) in [6, 6.07) is -0.997. The topological polar surface area (TPSA) is 307 Å². The molecule has 1 amide bonds. The van der Waals surface area contributed by atoms with E-state index in [-0.39, 0.29) is 18.9 Å². The Kier molecular flexibility index (Phi) is 61.7. The number of allylic oxidation sites excluding steroid dienone is 5. The molecule has 3 aliphatic rings. The van der Waals surface area contributed by atoms with Gasteiger partial charge in [-0.2, -0.15) is 0 Å². The van der Waals surface area contributed by atoms with E-state index < -0.39 is 124 Å². The van der Waals surface area contributed by atoms with E-state index in [9.17, 15) is 61.0 Å². The second kappa shape index (κ2) is 66.6. The molecule has 0 radical (unpaired) electrons. The number of unbranched alkanes of at least 4 members (excludes halogenated alkanes) is 51. The van der Waals surface area contributed by atoms with Crippen molar-refractivity contribution in [3.8, 4) is 0 Å². The van der Waals surface area contributed by atoms with Crippen molar-refractivity contribution in [2.45, 2.75) is 478 Å². The van der Waals surface area contributed by atoms with Crippen molar-refractivity contribution in [3.63, 3.8) is 0 Å². The highest BCUT2D eigenvalue weighted by Gasteiger charge is 2.54. The molecule has 3 fully saturated rings. The van der Waals surface area contributed by atoms with Gasteiger partial charge >= 0.3 is 0 Å². The van der Waals surface area contributed by atoms with Crippen LogP contribution in [0.15, 0.2) is 36.5 Å². The van der Waals surface area contributed by atoms with Crippen molar-refractivity contribution in [1.82, 2.24) is 5.32 Å². The molecule has 0 bridgehead atoms. The van der Waals surface area contributed by atoms with Crippen molar-refractivity contribution in [3.05, 3.63) is 36.5 Å². The van der Waals surface area contributed by atoms with Crippen LogP contribution in [0.25, 0.3) is 0 Å². The number of carbonyl (C=O) groups excluding carboxylic acids is 1. The van der Waals surface area contributed by atoms with Gasteiger partial charge in [-0.1, -0.05) is 359 Å². The molecule has 3 heterocycles. The van der Waals surface area contributed by atoms with Gasteiger partial charge in [0.15, 0.2) is 18.9 Å². The number of hydrogen-bond donors (Lipinski definition) is 12. The summed E-state index contributed by atoms with van der Waals surface area (Å²) in [6.07, 6.45) is 57.3. The summed E-state index contributed by atoms with van der Waals surface area (Å²) in [5, 5.41) is 121. The molecule has 17 atom stereocenters. The number of carbonyl (C=O) groups is 1. The first-order valence-corrected chi connectivity index (χ1v) is 43.7. The minimum absolute atomic E-state index is 0.237. The first kappa shape index (κ1) is 97.2. The van der Waals surface area contributed by atoms with E-state index in [0.717, 1.165) is 44.9 Å². The lowest BCUT2D eigenvalue weighted by Gasteiger charge is -2.48. The fourth-order valence-corrected chi connectivity index (χ4v) is 14.9. The van der Waals surface area contributed by atoms with Crippen molar-refractivity contribution in [1.29, 1.82) is 0 Å². The van der Waals surface area contributed by atoms with Crippen molar-refractivity contribution in [2.75, 3.05) is 26.4 Å². The van der Waals surface area contributed by atoms with Crippen LogP contribution in [0.5, 0.6) is 0 Å². The minimum Gasteiger partial charge on any atom is -0.394 e. The summed E-state index contributed by atoms with van der Waals surface area (Å²) in [5.41, 5.74) is 0. The van der Waals surface area contributed by atoms with Crippen LogP contribution < -0.4 is 5.32 Å². The molecule has 0 aromatic heterocycles. The SMILES string of the molecule is CCCCCCCCCCCCCCCCCCCC/C=C/CC/C=C/CC/C=C/C(O)C(COC1OC(CO)C(OC2OC(CO)C(OC3OC(CO)C(O)C(O)C3O)C(O)C2O)C(O)C1O)NC(=O)CCCCCCCCCCCCCCCCCCCCCCCCCCCCCCCCCC. The number of nitrogens with one attached hydrogen (secondary N) is 1. The smallest absolute Gasteiger partial charge is 0.220 e. The molecule has 19 heteroatoms. The number of aliphatic hydroxyl groups excluding tert-OH is 11. The molecule has 0 aromatic carbocycles. The van der Waals surface area contributed by atoms with Crippen molar-refractivity contribution >= 4 is 5.91 Å². The molecule has 12 N–H and O–H groups in total. The van der Waals surface area contributed by atoms with Crippen LogP contribution in [-0.4, -0.2) is 193 Å². The van der Waals surface area contributed by atoms with Crippen LogP contribution in [0, 0.1) is 0 Å². The molecule has 0 saturated carbocycles. The number of hydrogen-bond acceptors (Lipinski definition) is 18. The summed E-state index contributed by atoms with van der Waals surface area (Å²) in [4.78, 5) is 13.5. The Bertz CT molecular complexity index is 2030. The highest BCUT2D eigenvalue weighted by molar-refractivity contribution is 5.76. The average Bonchev–Trinajstić information content (AvgIpc) is 0.781. The summed E-state index contributed by atoms with van der Waals surface area (Å²) in [7, 11) is 0. The highest BCUT2D eigenvalue weighted by Crippen LogP contribution is 2.33. The molecule has 19 nitrogen and oxygen atoms in total. The zero-order chi connectivity index (χ0) is 76.0. The monoisotopic (exact) mass is 1500 g/mol. The summed E-state index contributed by atoms with van der Waals surface area (Å²) < 4.78 is 34.5. The standard InChI is InChI=1S/C86H161NO18/c1-3-5-7-9-11-13-15-17-19-21-23-25-27-29-31-33-34-35-36-38-40-42-44-46-48-50-52-54-56-58-60-62-64-74(92)87-69(70(91)63-61-59-57-55-53-51-49-47-45-43-41-39-37-32-30-28-26-24-22-20-18-16-14-12-10-8-6-4-2)68-100-84-80(98)77(95)82(72(66-89)102-84)105-86-81(99)78(96)83(73(67-90)103-86)104-85-79(97)76(94)75(93)71(65-88)101-85/h45,47,53,55,61,63,69-73,75-86,88-91,93-99H,3-44,46,48-52,54,56-60,62,64-68H2,1-2H3,(H,87,92)/b47-45+,55-53+,63-61+. The Balaban J connectivity index is 1.35. The lowest BCUT2D eigenvalue weighted by Crippen LogP contribution is -2.66. The second-order valence-corrected chi connectivity index (χ2v) is 31.3. The number of rotatable bonds is 71. The van der Waals surface area contributed by atoms with E-state index >= 15 is 0 Å². The number of amides is 1. The Morgan fingerprint density at radius 2 is 0.610 bits per heavy atom. The molecule has 17 unspecified atom stereocenters. The zero-order valence-corrected chi connectivity index (χ0v) is 66.5. The molecule has 3 rings (SSSR count). The molecule has 0 spiro atoms. The Hall–Kier alpha value is -1.99. The molecule has 0 aliphatic carbocycles. The van der Waals surface area contributed by atoms with Crippen molar-refractivity contribution < 1.29 is 89.4 Å². The minimum atomic E-state index is -1.98. The van der Waals surface area contributed by atoms with Gasteiger partial charge in [0.25, 0.3) is 0 Å². The van der Waals surface area contributed by atoms with Crippen LogP contribution in [0.4, 0.5) is 0 Å². The fourth-order valence-electron chi connectivity index (χ4n) is 14.9. The maximum absolute atomic E-state index is 13.5. The van der Waals surface area contributed by atoms with Gasteiger partial charge in [-0.05, 0) is 44.9 Å². The van der Waals surface area contributed by atoms with Crippen LogP contribution in [0.3, 0.4) is 0 Å². The van der Waals surface area contributed by atoms with Gasteiger partial charge in [-0.3, -0.25) is 4.79 Å². The van der Waals surface area contributed by atoms with Crippen LogP contribution in [-0.2, 0) is 33.2 Å². The number of aliphatic hydroxyl groups is 11. The predicted octanol–water partition coefficient (Wildman–Crippen LogP) is 15.9. The molecule has 0 aromatic rings. The molecular formula is C86H161NO18. The Labute approximate surface area is 638 Å². The van der Waals surface area contributed by atoms with Gasteiger partial charge in [-0.25, -0.2) is 0 Å². The van der Waals surface area contributed by atoms with Gasteiger partial charge in [-0.15, -0.1) is 0 Å². The van der Waals surface area contributed by atoms with Gasteiger partial charge in [0.1, 0.15) is 73.2 Å². The quantitative estimate of drug-likeness (QED) is 0.0199. The van der Waals surface area contributed by atoms with E-state index in [2.05, 4.69) is 43.5 Å². The summed E-state index contributed by atoms with van der Waals surface area (Å²) in [5.74, 6) is -0.281. The Morgan fingerprint density at radius 1 is 0.333 bits per heavy atom. The van der Waals surface area contributed by atoms with E-state index in [1.165, 1.54) is 295 Å². The summed E-state index contributed by atoms with van der Waals surface area (Å²) in [6.45, 7) is 1.78. The average molecular weight is 1500 g/mol. The van der Waals surface area contributed by atoms with E-state index in [0.29, 0.717) is 12.8 Å². The van der Waals surface area contributed by atoms with Crippen LogP contribution in [0.1, 0.15) is 373 Å². The van der Waals surface area contributed by atoms with Gasteiger partial charge < -0.3 is 89.9 Å². The van der Waals surface area contributed by atoms with Gasteiger partial charge in [0, 0.05) is 6.42 Å². The third kappa shape index (κ3) is 46.0. The highest BCUT2D eigenvalue weighted by atomic mass is 16.8. The molecule has 3 saturated heterocycles.